The minimum absolute atomic E-state index is 0.0331. The molecule has 0 radical (unpaired) electrons. The van der Waals surface area contributed by atoms with Crippen molar-refractivity contribution in [2.45, 2.75) is 6.61 Å². The molecule has 0 bridgehead atoms. The predicted octanol–water partition coefficient (Wildman–Crippen LogP) is 3.49. The van der Waals surface area contributed by atoms with Crippen molar-refractivity contribution < 1.29 is 9.53 Å². The molecule has 1 fully saturated rings. The van der Waals surface area contributed by atoms with Gasteiger partial charge in [0, 0.05) is 55.4 Å². The van der Waals surface area contributed by atoms with Crippen LogP contribution in [0.4, 0.5) is 5.69 Å². The molecule has 1 saturated heterocycles. The van der Waals surface area contributed by atoms with Crippen molar-refractivity contribution in [2.75, 3.05) is 31.1 Å². The molecule has 0 atom stereocenters. The number of nitriles is 1. The third kappa shape index (κ3) is 4.41. The van der Waals surface area contributed by atoms with Crippen molar-refractivity contribution in [3.63, 3.8) is 0 Å². The molecular weight excluding hydrogens is 376 g/mol. The lowest BCUT2D eigenvalue weighted by atomic mass is 10.1. The third-order valence-electron chi connectivity index (χ3n) is 5.23. The number of rotatable bonds is 5. The van der Waals surface area contributed by atoms with Crippen molar-refractivity contribution in [3.8, 4) is 11.8 Å². The van der Waals surface area contributed by atoms with Crippen LogP contribution in [0.5, 0.6) is 5.75 Å². The molecule has 1 aromatic heterocycles. The van der Waals surface area contributed by atoms with E-state index in [0.29, 0.717) is 36.6 Å². The van der Waals surface area contributed by atoms with Gasteiger partial charge in [0.25, 0.3) is 5.91 Å². The number of benzene rings is 2. The summed E-state index contributed by atoms with van der Waals surface area (Å²) in [5, 5.41) is 9.16. The van der Waals surface area contributed by atoms with Gasteiger partial charge in [-0.2, -0.15) is 5.26 Å². The topological polar surface area (TPSA) is 69.5 Å². The fourth-order valence-corrected chi connectivity index (χ4v) is 3.52. The Bertz CT molecular complexity index is 1040. The molecule has 6 nitrogen and oxygen atoms in total. The van der Waals surface area contributed by atoms with Gasteiger partial charge < -0.3 is 14.5 Å². The van der Waals surface area contributed by atoms with Gasteiger partial charge in [0.05, 0.1) is 11.6 Å². The minimum Gasteiger partial charge on any atom is -0.489 e. The Morgan fingerprint density at radius 3 is 2.37 bits per heavy atom. The maximum Gasteiger partial charge on any atom is 0.253 e. The van der Waals surface area contributed by atoms with E-state index in [2.05, 4.69) is 16.0 Å². The zero-order valence-electron chi connectivity index (χ0n) is 16.6. The van der Waals surface area contributed by atoms with Gasteiger partial charge in [0.15, 0.2) is 0 Å². The van der Waals surface area contributed by atoms with Crippen molar-refractivity contribution >= 4 is 11.6 Å². The monoisotopic (exact) mass is 398 g/mol. The van der Waals surface area contributed by atoms with E-state index in [0.717, 1.165) is 24.3 Å². The second kappa shape index (κ2) is 9.10. The second-order valence-electron chi connectivity index (χ2n) is 7.07. The smallest absolute Gasteiger partial charge is 0.253 e. The van der Waals surface area contributed by atoms with Gasteiger partial charge in [-0.15, -0.1) is 0 Å². The normalized spacial score (nSPS) is 13.6. The fraction of sp³-hybridized carbons (Fsp3) is 0.208. The molecule has 0 spiro atoms. The van der Waals surface area contributed by atoms with Crippen LogP contribution in [0.1, 0.15) is 21.5 Å². The van der Waals surface area contributed by atoms with E-state index in [1.807, 2.05) is 35.2 Å². The number of hydrogen-bond acceptors (Lipinski definition) is 5. The minimum atomic E-state index is 0.0331. The number of anilines is 1. The Balaban J connectivity index is 1.33. The average Bonchev–Trinajstić information content (AvgIpc) is 2.83. The predicted molar refractivity (Wildman–Crippen MR) is 114 cm³/mol. The molecule has 2 heterocycles. The largest absolute Gasteiger partial charge is 0.489 e. The van der Waals surface area contributed by atoms with Crippen LogP contribution in [0.3, 0.4) is 0 Å². The fourth-order valence-electron chi connectivity index (χ4n) is 3.52. The molecular formula is C24H22N4O2. The Hall–Kier alpha value is -3.85. The molecule has 3 aromatic rings. The summed E-state index contributed by atoms with van der Waals surface area (Å²) in [7, 11) is 0. The molecule has 2 aromatic carbocycles. The van der Waals surface area contributed by atoms with Gasteiger partial charge in [0.2, 0.25) is 0 Å². The van der Waals surface area contributed by atoms with E-state index in [1.54, 1.807) is 42.7 Å². The molecule has 6 heteroatoms. The average molecular weight is 398 g/mol. The summed E-state index contributed by atoms with van der Waals surface area (Å²) in [5.41, 5.74) is 3.23. The van der Waals surface area contributed by atoms with Crippen LogP contribution in [0.25, 0.3) is 0 Å². The van der Waals surface area contributed by atoms with Gasteiger partial charge in [0.1, 0.15) is 12.4 Å². The van der Waals surface area contributed by atoms with E-state index in [4.69, 9.17) is 10.00 Å². The van der Waals surface area contributed by atoms with Crippen LogP contribution in [0.2, 0.25) is 0 Å². The number of pyridine rings is 1. The van der Waals surface area contributed by atoms with Crippen LogP contribution in [0, 0.1) is 11.3 Å². The van der Waals surface area contributed by atoms with E-state index in [9.17, 15) is 4.79 Å². The maximum atomic E-state index is 12.8. The van der Waals surface area contributed by atoms with Gasteiger partial charge in [-0.25, -0.2) is 0 Å². The summed E-state index contributed by atoms with van der Waals surface area (Å²) < 4.78 is 5.79. The molecule has 150 valence electrons. The number of piperazine rings is 1. The van der Waals surface area contributed by atoms with Crippen molar-refractivity contribution in [2.24, 2.45) is 0 Å². The van der Waals surface area contributed by atoms with E-state index >= 15 is 0 Å². The summed E-state index contributed by atoms with van der Waals surface area (Å²) in [4.78, 5) is 21.0. The Morgan fingerprint density at radius 1 is 0.967 bits per heavy atom. The summed E-state index contributed by atoms with van der Waals surface area (Å²) in [5.74, 6) is 0.701. The first-order valence-electron chi connectivity index (χ1n) is 9.90. The summed E-state index contributed by atoms with van der Waals surface area (Å²) >= 11 is 0. The van der Waals surface area contributed by atoms with Gasteiger partial charge >= 0.3 is 0 Å². The molecule has 0 aliphatic carbocycles. The lowest BCUT2D eigenvalue weighted by Gasteiger charge is -2.36. The summed E-state index contributed by atoms with van der Waals surface area (Å²) in [6, 6.07) is 20.7. The molecule has 0 N–H and O–H groups in total. The van der Waals surface area contributed by atoms with E-state index < -0.39 is 0 Å². The van der Waals surface area contributed by atoms with Gasteiger partial charge in [-0.1, -0.05) is 18.2 Å². The molecule has 0 unspecified atom stereocenters. The molecule has 1 aliphatic heterocycles. The van der Waals surface area contributed by atoms with Crippen LogP contribution < -0.4 is 9.64 Å². The lowest BCUT2D eigenvalue weighted by molar-refractivity contribution is 0.0746. The Kier molecular flexibility index (Phi) is 5.90. The molecule has 30 heavy (non-hydrogen) atoms. The molecule has 1 amide bonds. The van der Waals surface area contributed by atoms with E-state index in [-0.39, 0.29) is 5.91 Å². The number of hydrogen-bond donors (Lipinski definition) is 0. The Morgan fingerprint density at radius 2 is 1.67 bits per heavy atom. The van der Waals surface area contributed by atoms with Crippen LogP contribution in [-0.2, 0) is 6.61 Å². The highest BCUT2D eigenvalue weighted by atomic mass is 16.5. The molecule has 0 saturated carbocycles. The zero-order chi connectivity index (χ0) is 20.8. The number of carbonyl (C=O) groups excluding carboxylic acids is 1. The van der Waals surface area contributed by atoms with Crippen LogP contribution in [-0.4, -0.2) is 42.0 Å². The standard InChI is InChI=1S/C24H22N4O2/c25-17-20-3-1-2-4-21(20)18-30-23-7-5-19(6-8-23)24(29)28-15-13-27(14-16-28)22-9-11-26-12-10-22/h1-12H,13-16,18H2. The number of aromatic nitrogens is 1. The SMILES string of the molecule is N#Cc1ccccc1COc1ccc(C(=O)N2CCN(c3ccncc3)CC2)cc1. The highest BCUT2D eigenvalue weighted by Gasteiger charge is 2.22. The van der Waals surface area contributed by atoms with Crippen molar-refractivity contribution in [3.05, 3.63) is 89.7 Å². The highest BCUT2D eigenvalue weighted by molar-refractivity contribution is 5.94. The Labute approximate surface area is 176 Å². The first-order chi connectivity index (χ1) is 14.7. The van der Waals surface area contributed by atoms with Crippen LogP contribution >= 0.6 is 0 Å². The third-order valence-corrected chi connectivity index (χ3v) is 5.23. The number of ether oxygens (including phenoxy) is 1. The van der Waals surface area contributed by atoms with Crippen molar-refractivity contribution in [1.82, 2.24) is 9.88 Å². The maximum absolute atomic E-state index is 12.8. The first kappa shape index (κ1) is 19.5. The quantitative estimate of drug-likeness (QED) is 0.658. The molecule has 1 aliphatic rings. The van der Waals surface area contributed by atoms with Gasteiger partial charge in [-0.05, 0) is 42.5 Å². The molecule has 4 rings (SSSR count). The number of carbonyl (C=O) groups is 1. The van der Waals surface area contributed by atoms with Crippen LogP contribution in [0.15, 0.2) is 73.1 Å². The zero-order valence-corrected chi connectivity index (χ0v) is 16.6. The van der Waals surface area contributed by atoms with E-state index in [1.165, 1.54) is 0 Å². The number of amides is 1. The summed E-state index contributed by atoms with van der Waals surface area (Å²) in [6.45, 7) is 3.28. The second-order valence-corrected chi connectivity index (χ2v) is 7.07. The summed E-state index contributed by atoms with van der Waals surface area (Å²) in [6.07, 6.45) is 3.57. The lowest BCUT2D eigenvalue weighted by Crippen LogP contribution is -2.48. The number of nitrogens with zero attached hydrogens (tertiary/aromatic N) is 4. The van der Waals surface area contributed by atoms with Crippen molar-refractivity contribution in [1.29, 1.82) is 5.26 Å². The van der Waals surface area contributed by atoms with Gasteiger partial charge in [-0.3, -0.25) is 9.78 Å². The first-order valence-corrected chi connectivity index (χ1v) is 9.90. The highest BCUT2D eigenvalue weighted by Crippen LogP contribution is 2.19.